The second-order valence-electron chi connectivity index (χ2n) is 4.63. The fourth-order valence-electron chi connectivity index (χ4n) is 2.04. The molecule has 19 heavy (non-hydrogen) atoms. The Morgan fingerprint density at radius 3 is 3.16 bits per heavy atom. The molecule has 1 N–H and O–H groups in total. The first-order valence-electron chi connectivity index (χ1n) is 6.76. The van der Waals surface area contributed by atoms with Crippen molar-refractivity contribution in [3.05, 3.63) is 35.4 Å². The zero-order chi connectivity index (χ0) is 13.3. The normalized spacial score (nSPS) is 18.1. The molecule has 0 radical (unpaired) electrons. The number of hydrogen-bond donors (Lipinski definition) is 1. The van der Waals surface area contributed by atoms with Gasteiger partial charge in [-0.05, 0) is 30.5 Å². The summed E-state index contributed by atoms with van der Waals surface area (Å²) in [6, 6.07) is 8.33. The number of aliphatic hydroxyl groups excluding tert-OH is 1. The zero-order valence-corrected chi connectivity index (χ0v) is 11.9. The van der Waals surface area contributed by atoms with Crippen LogP contribution in [-0.2, 0) is 10.5 Å². The molecule has 1 heterocycles. The third-order valence-electron chi connectivity index (χ3n) is 2.99. The first-order chi connectivity index (χ1) is 9.38. The van der Waals surface area contributed by atoms with Crippen LogP contribution >= 0.6 is 11.8 Å². The van der Waals surface area contributed by atoms with Crippen molar-refractivity contribution in [3.63, 3.8) is 0 Å². The van der Waals surface area contributed by atoms with Gasteiger partial charge in [-0.25, -0.2) is 0 Å². The molecule has 0 spiro atoms. The van der Waals surface area contributed by atoms with Crippen molar-refractivity contribution in [1.29, 1.82) is 0 Å². The van der Waals surface area contributed by atoms with Gasteiger partial charge in [0.1, 0.15) is 0 Å². The summed E-state index contributed by atoms with van der Waals surface area (Å²) >= 11 is 1.93. The maximum atomic E-state index is 8.70. The third kappa shape index (κ3) is 5.28. The number of benzene rings is 1. The molecule has 0 aliphatic carbocycles. The molecular formula is C16H20O2S. The van der Waals surface area contributed by atoms with E-state index < -0.39 is 0 Å². The smallest absolute Gasteiger partial charge is 0.0666 e. The summed E-state index contributed by atoms with van der Waals surface area (Å²) in [7, 11) is 0. The lowest BCUT2D eigenvalue weighted by Gasteiger charge is -2.08. The summed E-state index contributed by atoms with van der Waals surface area (Å²) < 4.78 is 5.61. The first kappa shape index (κ1) is 14.5. The Morgan fingerprint density at radius 1 is 1.42 bits per heavy atom. The van der Waals surface area contributed by atoms with Crippen molar-refractivity contribution in [2.24, 2.45) is 0 Å². The van der Waals surface area contributed by atoms with Gasteiger partial charge in [-0.2, -0.15) is 11.8 Å². The lowest BCUT2D eigenvalue weighted by Crippen LogP contribution is -2.07. The molecule has 1 unspecified atom stereocenters. The van der Waals surface area contributed by atoms with Crippen LogP contribution in [0.3, 0.4) is 0 Å². The minimum absolute atomic E-state index is 0.129. The number of ether oxygens (including phenoxy) is 1. The van der Waals surface area contributed by atoms with E-state index >= 15 is 0 Å². The average molecular weight is 276 g/mol. The minimum Gasteiger partial charge on any atom is -0.395 e. The summed E-state index contributed by atoms with van der Waals surface area (Å²) in [6.45, 7) is 1.06. The highest BCUT2D eigenvalue weighted by atomic mass is 32.2. The molecule has 0 bridgehead atoms. The Balaban J connectivity index is 1.79. The second-order valence-corrected chi connectivity index (χ2v) is 5.66. The monoisotopic (exact) mass is 276 g/mol. The molecule has 102 valence electrons. The highest BCUT2D eigenvalue weighted by Gasteiger charge is 2.14. The number of hydrogen-bond acceptors (Lipinski definition) is 3. The van der Waals surface area contributed by atoms with E-state index in [4.69, 9.17) is 9.84 Å². The molecule has 1 aliphatic rings. The summed E-state index contributed by atoms with van der Waals surface area (Å²) in [5.74, 6) is 8.12. The molecule has 1 atom stereocenters. The summed E-state index contributed by atoms with van der Waals surface area (Å²) in [5, 5.41) is 8.70. The molecule has 0 saturated carbocycles. The van der Waals surface area contributed by atoms with Crippen molar-refractivity contribution in [2.45, 2.75) is 31.1 Å². The molecule has 1 aliphatic heterocycles. The Bertz CT molecular complexity index is 442. The predicted molar refractivity (Wildman–Crippen MR) is 80.2 cm³/mol. The van der Waals surface area contributed by atoms with Crippen LogP contribution in [0.5, 0.6) is 0 Å². The standard InChI is InChI=1S/C16H20O2S/c17-9-2-1-5-14-6-3-7-15(11-14)12-19-13-16-8-4-10-18-16/h3,6-7,11,16-17H,2,4,8-10,12-13H2. The number of rotatable bonds is 5. The summed E-state index contributed by atoms with van der Waals surface area (Å²) in [5.41, 5.74) is 2.34. The molecular weight excluding hydrogens is 256 g/mol. The molecule has 1 fully saturated rings. The van der Waals surface area contributed by atoms with Crippen LogP contribution in [0.25, 0.3) is 0 Å². The van der Waals surface area contributed by atoms with E-state index in [1.807, 2.05) is 23.9 Å². The molecule has 2 nitrogen and oxygen atoms in total. The van der Waals surface area contributed by atoms with Gasteiger partial charge in [0.15, 0.2) is 0 Å². The van der Waals surface area contributed by atoms with Crippen molar-refractivity contribution in [3.8, 4) is 11.8 Å². The van der Waals surface area contributed by atoms with Crippen LogP contribution in [0, 0.1) is 11.8 Å². The second kappa shape index (κ2) is 8.27. The van der Waals surface area contributed by atoms with Gasteiger partial charge in [-0.1, -0.05) is 24.0 Å². The lowest BCUT2D eigenvalue weighted by atomic mass is 10.1. The fourth-order valence-corrected chi connectivity index (χ4v) is 3.10. The van der Waals surface area contributed by atoms with E-state index in [1.165, 1.54) is 18.4 Å². The SMILES string of the molecule is OCCC#Cc1cccc(CSCC2CCCO2)c1. The van der Waals surface area contributed by atoms with E-state index in [1.54, 1.807) is 0 Å². The molecule has 0 aromatic heterocycles. The van der Waals surface area contributed by atoms with Gasteiger partial charge in [0, 0.05) is 30.1 Å². The van der Waals surface area contributed by atoms with Crippen LogP contribution in [0.4, 0.5) is 0 Å². The average Bonchev–Trinajstić information content (AvgIpc) is 2.93. The predicted octanol–water partition coefficient (Wildman–Crippen LogP) is 2.83. The van der Waals surface area contributed by atoms with Crippen molar-refractivity contribution in [1.82, 2.24) is 0 Å². The van der Waals surface area contributed by atoms with Gasteiger partial charge in [0.25, 0.3) is 0 Å². The Hall–Kier alpha value is -0.950. The molecule has 3 heteroatoms. The summed E-state index contributed by atoms with van der Waals surface area (Å²) in [6.07, 6.45) is 3.41. The van der Waals surface area contributed by atoms with Crippen molar-refractivity contribution in [2.75, 3.05) is 19.0 Å². The van der Waals surface area contributed by atoms with Crippen LogP contribution in [0.2, 0.25) is 0 Å². The number of thioether (sulfide) groups is 1. The van der Waals surface area contributed by atoms with E-state index in [2.05, 4.69) is 24.0 Å². The summed E-state index contributed by atoms with van der Waals surface area (Å²) in [4.78, 5) is 0. The van der Waals surface area contributed by atoms with E-state index in [0.717, 1.165) is 23.7 Å². The first-order valence-corrected chi connectivity index (χ1v) is 7.92. The maximum Gasteiger partial charge on any atom is 0.0666 e. The van der Waals surface area contributed by atoms with Crippen LogP contribution in [-0.4, -0.2) is 30.2 Å². The third-order valence-corrected chi connectivity index (χ3v) is 4.14. The zero-order valence-electron chi connectivity index (χ0n) is 11.1. The molecule has 0 amide bonds. The minimum atomic E-state index is 0.129. The maximum absolute atomic E-state index is 8.70. The van der Waals surface area contributed by atoms with E-state index in [-0.39, 0.29) is 6.61 Å². The topological polar surface area (TPSA) is 29.5 Å². The molecule has 1 aromatic rings. The van der Waals surface area contributed by atoms with Crippen LogP contribution in [0.1, 0.15) is 30.4 Å². The molecule has 1 aromatic carbocycles. The molecule has 2 rings (SSSR count). The van der Waals surface area contributed by atoms with E-state index in [9.17, 15) is 0 Å². The van der Waals surface area contributed by atoms with Crippen molar-refractivity contribution >= 4 is 11.8 Å². The van der Waals surface area contributed by atoms with Gasteiger partial charge in [-0.3, -0.25) is 0 Å². The Morgan fingerprint density at radius 2 is 2.37 bits per heavy atom. The Labute approximate surface area is 119 Å². The van der Waals surface area contributed by atoms with Crippen LogP contribution in [0.15, 0.2) is 24.3 Å². The highest BCUT2D eigenvalue weighted by molar-refractivity contribution is 7.98. The largest absolute Gasteiger partial charge is 0.395 e. The Kier molecular flexibility index (Phi) is 6.29. The number of aliphatic hydroxyl groups is 1. The fraction of sp³-hybridized carbons (Fsp3) is 0.500. The van der Waals surface area contributed by atoms with E-state index in [0.29, 0.717) is 12.5 Å². The van der Waals surface area contributed by atoms with Gasteiger partial charge in [0.05, 0.1) is 12.7 Å². The van der Waals surface area contributed by atoms with Gasteiger partial charge in [0.2, 0.25) is 0 Å². The van der Waals surface area contributed by atoms with Gasteiger partial charge in [-0.15, -0.1) is 0 Å². The van der Waals surface area contributed by atoms with Crippen molar-refractivity contribution < 1.29 is 9.84 Å². The van der Waals surface area contributed by atoms with Gasteiger partial charge < -0.3 is 9.84 Å². The highest BCUT2D eigenvalue weighted by Crippen LogP contribution is 2.20. The van der Waals surface area contributed by atoms with Gasteiger partial charge >= 0.3 is 0 Å². The van der Waals surface area contributed by atoms with Crippen LogP contribution < -0.4 is 0 Å². The molecule has 1 saturated heterocycles. The lowest BCUT2D eigenvalue weighted by molar-refractivity contribution is 0.129. The quantitative estimate of drug-likeness (QED) is 0.839.